The molecule has 1 saturated heterocycles. The van der Waals surface area contributed by atoms with Crippen LogP contribution in [0.4, 0.5) is 0 Å². The van der Waals surface area contributed by atoms with E-state index in [1.165, 1.54) is 29.2 Å². The highest BCUT2D eigenvalue weighted by Crippen LogP contribution is 2.36. The highest BCUT2D eigenvalue weighted by Gasteiger charge is 2.41. The van der Waals surface area contributed by atoms with Gasteiger partial charge in [0.2, 0.25) is 11.8 Å². The Hall–Kier alpha value is -3.20. The molecule has 1 fully saturated rings. The zero-order valence-electron chi connectivity index (χ0n) is 16.6. The van der Waals surface area contributed by atoms with E-state index in [-0.39, 0.29) is 18.0 Å². The molecule has 31 heavy (non-hydrogen) atoms. The molecule has 2 aromatic carbocycles. The molecule has 0 bridgehead atoms. The molecule has 9 heteroatoms. The number of rotatable bonds is 7. The lowest BCUT2D eigenvalue weighted by Crippen LogP contribution is -2.47. The minimum atomic E-state index is -1.10. The lowest BCUT2D eigenvalue weighted by atomic mass is 10.0. The summed E-state index contributed by atoms with van der Waals surface area (Å²) in [7, 11) is 0. The molecule has 8 nitrogen and oxygen atoms in total. The van der Waals surface area contributed by atoms with E-state index in [0.29, 0.717) is 19.3 Å². The number of likely N-dealkylation sites (tertiary alicyclic amines) is 1. The third-order valence-corrected chi connectivity index (χ3v) is 5.73. The monoisotopic (exact) mass is 444 g/mol. The Bertz CT molecular complexity index is 947. The number of nitrogens with one attached hydrogen (secondary N) is 1. The predicted molar refractivity (Wildman–Crippen MR) is 116 cm³/mol. The van der Waals surface area contributed by atoms with Crippen LogP contribution in [-0.4, -0.2) is 55.8 Å². The Kier molecular flexibility index (Phi) is 7.06. The van der Waals surface area contributed by atoms with Gasteiger partial charge in [0.25, 0.3) is 0 Å². The number of benzene rings is 2. The number of hydrogen-bond donors (Lipinski definition) is 5. The van der Waals surface area contributed by atoms with Gasteiger partial charge in [-0.2, -0.15) is 12.6 Å². The molecule has 164 valence electrons. The van der Waals surface area contributed by atoms with E-state index >= 15 is 0 Å². The first kappa shape index (κ1) is 22.5. The van der Waals surface area contributed by atoms with E-state index in [9.17, 15) is 29.7 Å². The van der Waals surface area contributed by atoms with Gasteiger partial charge in [-0.15, -0.1) is 0 Å². The maximum atomic E-state index is 12.9. The van der Waals surface area contributed by atoms with Crippen molar-refractivity contribution in [2.24, 2.45) is 0 Å². The summed E-state index contributed by atoms with van der Waals surface area (Å²) < 4.78 is 0. The molecule has 3 rings (SSSR count). The minimum absolute atomic E-state index is 0.0788. The number of nitrogens with zero attached hydrogens (tertiary/aromatic N) is 1. The Labute approximate surface area is 184 Å². The van der Waals surface area contributed by atoms with Gasteiger partial charge in [0.05, 0.1) is 17.8 Å². The van der Waals surface area contributed by atoms with E-state index in [0.717, 1.165) is 11.1 Å². The molecule has 2 amide bonds. The molecule has 2 aromatic rings. The van der Waals surface area contributed by atoms with Crippen LogP contribution in [0.1, 0.15) is 30.0 Å². The Morgan fingerprint density at radius 2 is 1.58 bits per heavy atom. The number of aromatic hydroxyl groups is 2. The maximum absolute atomic E-state index is 12.9. The number of carbonyl (C=O) groups is 3. The normalized spacial score (nSPS) is 19.1. The van der Waals surface area contributed by atoms with Crippen LogP contribution in [0.2, 0.25) is 0 Å². The predicted octanol–water partition coefficient (Wildman–Crippen LogP) is 1.87. The number of carboxylic acids is 1. The smallest absolute Gasteiger partial charge is 0.326 e. The van der Waals surface area contributed by atoms with Crippen LogP contribution in [-0.2, 0) is 20.8 Å². The molecule has 1 aliphatic rings. The summed E-state index contributed by atoms with van der Waals surface area (Å²) in [5.74, 6) is -1.84. The molecule has 0 unspecified atom stereocenters. The number of hydrogen-bond acceptors (Lipinski definition) is 6. The van der Waals surface area contributed by atoms with Crippen LogP contribution in [0.25, 0.3) is 0 Å². The van der Waals surface area contributed by atoms with Gasteiger partial charge in [-0.25, -0.2) is 4.79 Å². The quantitative estimate of drug-likeness (QED) is 0.415. The van der Waals surface area contributed by atoms with Crippen LogP contribution >= 0.6 is 12.6 Å². The van der Waals surface area contributed by atoms with Gasteiger partial charge >= 0.3 is 5.97 Å². The lowest BCUT2D eigenvalue weighted by molar-refractivity contribution is -0.149. The molecule has 0 aromatic heterocycles. The summed E-state index contributed by atoms with van der Waals surface area (Å²) in [5, 5.41) is 30.2. The van der Waals surface area contributed by atoms with Gasteiger partial charge in [-0.05, 0) is 54.7 Å². The highest BCUT2D eigenvalue weighted by molar-refractivity contribution is 7.81. The second-order valence-corrected chi connectivity index (χ2v) is 8.07. The SMILES string of the molecule is O=C(NCC(=O)N1[C@@H](c2ccc(O)cc2)CC[C@H]1C(=O)O)[C@@H](S)Cc1ccc(O)cc1. The third-order valence-electron chi connectivity index (χ3n) is 5.32. The summed E-state index contributed by atoms with van der Waals surface area (Å²) in [6.45, 7) is -0.343. The zero-order valence-corrected chi connectivity index (χ0v) is 17.5. The fourth-order valence-electron chi connectivity index (χ4n) is 3.74. The molecule has 4 N–H and O–H groups in total. The first-order chi connectivity index (χ1) is 14.8. The third kappa shape index (κ3) is 5.49. The standard InChI is InChI=1S/C22H24N2O6S/c25-15-5-1-13(2-6-15)11-19(31)21(28)23-12-20(27)24-17(9-10-18(24)22(29)30)14-3-7-16(26)8-4-14/h1-8,17-19,25-26,31H,9-12H2,(H,23,28)(H,29,30)/t17-,18+,19+/m1/s1. The van der Waals surface area contributed by atoms with Crippen molar-refractivity contribution in [3.8, 4) is 11.5 Å². The number of aliphatic carboxylic acids is 1. The summed E-state index contributed by atoms with van der Waals surface area (Å²) in [5.41, 5.74) is 1.53. The van der Waals surface area contributed by atoms with Crippen molar-refractivity contribution in [2.75, 3.05) is 6.54 Å². The first-order valence-corrected chi connectivity index (χ1v) is 10.3. The average molecular weight is 445 g/mol. The Morgan fingerprint density at radius 3 is 2.16 bits per heavy atom. The fourth-order valence-corrected chi connectivity index (χ4v) is 4.05. The van der Waals surface area contributed by atoms with E-state index in [1.807, 2.05) is 0 Å². The van der Waals surface area contributed by atoms with Gasteiger partial charge in [-0.1, -0.05) is 24.3 Å². The molecular formula is C22H24N2O6S. The van der Waals surface area contributed by atoms with Crippen molar-refractivity contribution in [3.05, 3.63) is 59.7 Å². The molecule has 0 saturated carbocycles. The van der Waals surface area contributed by atoms with E-state index < -0.39 is 35.1 Å². The van der Waals surface area contributed by atoms with Crippen molar-refractivity contribution in [1.82, 2.24) is 10.2 Å². The van der Waals surface area contributed by atoms with Crippen molar-refractivity contribution in [1.29, 1.82) is 0 Å². The van der Waals surface area contributed by atoms with Crippen molar-refractivity contribution >= 4 is 30.4 Å². The summed E-state index contributed by atoms with van der Waals surface area (Å²) in [4.78, 5) is 38.2. The largest absolute Gasteiger partial charge is 0.508 e. The number of thiol groups is 1. The molecule has 0 radical (unpaired) electrons. The maximum Gasteiger partial charge on any atom is 0.326 e. The highest BCUT2D eigenvalue weighted by atomic mass is 32.1. The Balaban J connectivity index is 1.64. The number of amides is 2. The molecular weight excluding hydrogens is 420 g/mol. The van der Waals surface area contributed by atoms with Gasteiger partial charge in [-0.3, -0.25) is 9.59 Å². The second kappa shape index (κ2) is 9.74. The van der Waals surface area contributed by atoms with Crippen LogP contribution in [0, 0.1) is 0 Å². The molecule has 0 aliphatic carbocycles. The topological polar surface area (TPSA) is 127 Å². The zero-order chi connectivity index (χ0) is 22.5. The molecule has 3 atom stereocenters. The van der Waals surface area contributed by atoms with Gasteiger partial charge in [0.1, 0.15) is 17.5 Å². The van der Waals surface area contributed by atoms with E-state index in [1.54, 1.807) is 24.3 Å². The van der Waals surface area contributed by atoms with Crippen molar-refractivity contribution in [3.63, 3.8) is 0 Å². The van der Waals surface area contributed by atoms with Gasteiger partial charge < -0.3 is 25.5 Å². The molecule has 1 aliphatic heterocycles. The summed E-state index contributed by atoms with van der Waals surface area (Å²) >= 11 is 4.29. The number of carbonyl (C=O) groups excluding carboxylic acids is 2. The van der Waals surface area contributed by atoms with Crippen LogP contribution < -0.4 is 5.32 Å². The number of phenols is 2. The van der Waals surface area contributed by atoms with Gasteiger partial charge in [0, 0.05) is 0 Å². The van der Waals surface area contributed by atoms with Crippen LogP contribution in [0.5, 0.6) is 11.5 Å². The summed E-state index contributed by atoms with van der Waals surface area (Å²) in [6.07, 6.45) is 1.08. The minimum Gasteiger partial charge on any atom is -0.508 e. The Morgan fingerprint density at radius 1 is 1.00 bits per heavy atom. The molecule has 1 heterocycles. The van der Waals surface area contributed by atoms with E-state index in [2.05, 4.69) is 17.9 Å². The summed E-state index contributed by atoms with van der Waals surface area (Å²) in [6, 6.07) is 11.3. The second-order valence-electron chi connectivity index (χ2n) is 7.44. The van der Waals surface area contributed by atoms with Crippen molar-refractivity contribution in [2.45, 2.75) is 36.6 Å². The van der Waals surface area contributed by atoms with Crippen LogP contribution in [0.3, 0.4) is 0 Å². The number of phenolic OH excluding ortho intramolecular Hbond substituents is 2. The lowest BCUT2D eigenvalue weighted by Gasteiger charge is -2.29. The van der Waals surface area contributed by atoms with Gasteiger partial charge in [0.15, 0.2) is 0 Å². The number of carboxylic acid groups (broad SMARTS) is 1. The first-order valence-electron chi connectivity index (χ1n) is 9.83. The molecule has 0 spiro atoms. The van der Waals surface area contributed by atoms with Crippen LogP contribution in [0.15, 0.2) is 48.5 Å². The fraction of sp³-hybridized carbons (Fsp3) is 0.318. The van der Waals surface area contributed by atoms with Crippen molar-refractivity contribution < 1.29 is 29.7 Å². The van der Waals surface area contributed by atoms with E-state index in [4.69, 9.17) is 0 Å². The average Bonchev–Trinajstić information content (AvgIpc) is 3.19.